The number of carboxylic acid groups (broad SMARTS) is 1. The smallest absolute Gasteiger partial charge is 0.307 e. The summed E-state index contributed by atoms with van der Waals surface area (Å²) in [4.78, 5) is 24.0. The molecule has 4 atom stereocenters. The van der Waals surface area contributed by atoms with Crippen LogP contribution in [-0.4, -0.2) is 24.1 Å². The molecule has 21 heavy (non-hydrogen) atoms. The molecule has 0 saturated heterocycles. The van der Waals surface area contributed by atoms with E-state index in [1.54, 1.807) is 19.2 Å². The Morgan fingerprint density at radius 1 is 1.19 bits per heavy atom. The Labute approximate surface area is 123 Å². The maximum Gasteiger partial charge on any atom is 0.307 e. The van der Waals surface area contributed by atoms with E-state index in [0.717, 1.165) is 19.3 Å². The van der Waals surface area contributed by atoms with Gasteiger partial charge in [0, 0.05) is 0 Å². The van der Waals surface area contributed by atoms with Crippen LogP contribution in [0.3, 0.4) is 0 Å². The maximum atomic E-state index is 12.6. The molecule has 112 valence electrons. The highest BCUT2D eigenvalue weighted by atomic mass is 16.5. The average molecular weight is 289 g/mol. The van der Waals surface area contributed by atoms with Gasteiger partial charge in [-0.1, -0.05) is 12.1 Å². The Morgan fingerprint density at radius 3 is 2.52 bits per heavy atom. The second kappa shape index (κ2) is 5.39. The third-order valence-corrected chi connectivity index (χ3v) is 4.87. The quantitative estimate of drug-likeness (QED) is 0.892. The van der Waals surface area contributed by atoms with Crippen molar-refractivity contribution < 1.29 is 19.4 Å². The number of carbonyl (C=O) groups excluding carboxylic acids is 1. The number of carbonyl (C=O) groups is 2. The third kappa shape index (κ3) is 2.37. The largest absolute Gasteiger partial charge is 0.495 e. The molecule has 2 aliphatic rings. The van der Waals surface area contributed by atoms with E-state index < -0.39 is 17.8 Å². The van der Waals surface area contributed by atoms with Gasteiger partial charge in [-0.15, -0.1) is 0 Å². The molecule has 0 spiro atoms. The van der Waals surface area contributed by atoms with Crippen molar-refractivity contribution >= 4 is 17.6 Å². The van der Waals surface area contributed by atoms with Gasteiger partial charge < -0.3 is 15.2 Å². The number of carboxylic acids is 1. The van der Waals surface area contributed by atoms with Gasteiger partial charge in [-0.05, 0) is 43.2 Å². The second-order valence-corrected chi connectivity index (χ2v) is 5.91. The minimum Gasteiger partial charge on any atom is -0.495 e. The van der Waals surface area contributed by atoms with Crippen molar-refractivity contribution in [1.82, 2.24) is 0 Å². The zero-order chi connectivity index (χ0) is 15.0. The summed E-state index contributed by atoms with van der Waals surface area (Å²) in [5.41, 5.74) is 0.594. The van der Waals surface area contributed by atoms with Crippen molar-refractivity contribution in [3.8, 4) is 5.75 Å². The lowest BCUT2D eigenvalue weighted by atomic mass is 9.78. The summed E-state index contributed by atoms with van der Waals surface area (Å²) in [7, 11) is 1.54. The molecule has 0 unspecified atom stereocenters. The Balaban J connectivity index is 1.80. The lowest BCUT2D eigenvalue weighted by Crippen LogP contribution is -2.37. The van der Waals surface area contributed by atoms with Crippen molar-refractivity contribution in [2.75, 3.05) is 12.4 Å². The van der Waals surface area contributed by atoms with Gasteiger partial charge in [0.05, 0.1) is 24.6 Å². The van der Waals surface area contributed by atoms with Crippen LogP contribution in [0.2, 0.25) is 0 Å². The molecule has 0 heterocycles. The molecule has 3 rings (SSSR count). The molecule has 5 nitrogen and oxygen atoms in total. The van der Waals surface area contributed by atoms with Crippen LogP contribution < -0.4 is 10.1 Å². The summed E-state index contributed by atoms with van der Waals surface area (Å²) in [5, 5.41) is 12.3. The number of anilines is 1. The number of hydrogen-bond donors (Lipinski definition) is 2. The van der Waals surface area contributed by atoms with E-state index in [1.165, 1.54) is 0 Å². The van der Waals surface area contributed by atoms with Gasteiger partial charge in [0.15, 0.2) is 0 Å². The molecule has 2 bridgehead atoms. The van der Waals surface area contributed by atoms with Crippen LogP contribution in [0.4, 0.5) is 5.69 Å². The highest BCUT2D eigenvalue weighted by molar-refractivity contribution is 5.97. The van der Waals surface area contributed by atoms with Gasteiger partial charge in [-0.2, -0.15) is 0 Å². The van der Waals surface area contributed by atoms with Crippen LogP contribution in [-0.2, 0) is 9.59 Å². The van der Waals surface area contributed by atoms with Crippen LogP contribution in [0, 0.1) is 23.7 Å². The number of nitrogens with one attached hydrogen (secondary N) is 1. The SMILES string of the molecule is COc1ccccc1NC(=O)[C@H]1[C@@H]2CC[C@@H](C2)[C@@H]1C(=O)O. The van der Waals surface area contributed by atoms with Crippen molar-refractivity contribution in [3.05, 3.63) is 24.3 Å². The third-order valence-electron chi connectivity index (χ3n) is 4.87. The van der Waals surface area contributed by atoms with Crippen LogP contribution >= 0.6 is 0 Å². The number of hydrogen-bond acceptors (Lipinski definition) is 3. The Morgan fingerprint density at radius 2 is 1.86 bits per heavy atom. The van der Waals surface area contributed by atoms with E-state index in [4.69, 9.17) is 4.74 Å². The van der Waals surface area contributed by atoms with E-state index in [-0.39, 0.29) is 17.7 Å². The highest BCUT2D eigenvalue weighted by Gasteiger charge is 2.54. The molecule has 2 fully saturated rings. The number of benzene rings is 1. The van der Waals surface area contributed by atoms with Crippen LogP contribution in [0.5, 0.6) is 5.75 Å². The summed E-state index contributed by atoms with van der Waals surface area (Å²) in [5.74, 6) is -1.07. The summed E-state index contributed by atoms with van der Waals surface area (Å²) >= 11 is 0. The monoisotopic (exact) mass is 289 g/mol. The molecule has 2 saturated carbocycles. The second-order valence-electron chi connectivity index (χ2n) is 5.91. The molecular formula is C16H19NO4. The lowest BCUT2D eigenvalue weighted by molar-refractivity contribution is -0.148. The van der Waals surface area contributed by atoms with Crippen molar-refractivity contribution in [1.29, 1.82) is 0 Å². The standard InChI is InChI=1S/C16H19NO4/c1-21-12-5-3-2-4-11(12)17-15(18)13-9-6-7-10(8-9)14(13)16(19)20/h2-5,9-10,13-14H,6-8H2,1H3,(H,17,18)(H,19,20)/t9-,10+,13+,14+/m1/s1. The minimum absolute atomic E-state index is 0.154. The highest BCUT2D eigenvalue weighted by Crippen LogP contribution is 2.52. The van der Waals surface area contributed by atoms with Crippen molar-refractivity contribution in [2.45, 2.75) is 19.3 Å². The van der Waals surface area contributed by atoms with Gasteiger partial charge in [0.2, 0.25) is 5.91 Å². The molecule has 1 aromatic carbocycles. The molecule has 0 aliphatic heterocycles. The van der Waals surface area contributed by atoms with E-state index in [1.807, 2.05) is 12.1 Å². The fraction of sp³-hybridized carbons (Fsp3) is 0.500. The molecule has 5 heteroatoms. The number of fused-ring (bicyclic) bond motifs is 2. The zero-order valence-corrected chi connectivity index (χ0v) is 11.9. The Hall–Kier alpha value is -2.04. The molecule has 2 N–H and O–H groups in total. The van der Waals surface area contributed by atoms with Crippen LogP contribution in [0.1, 0.15) is 19.3 Å². The lowest BCUT2D eigenvalue weighted by Gasteiger charge is -2.27. The first-order valence-electron chi connectivity index (χ1n) is 7.28. The fourth-order valence-electron chi connectivity index (χ4n) is 3.99. The van der Waals surface area contributed by atoms with E-state index in [0.29, 0.717) is 11.4 Å². The van der Waals surface area contributed by atoms with E-state index in [2.05, 4.69) is 5.32 Å². The fourth-order valence-corrected chi connectivity index (χ4v) is 3.99. The number of methoxy groups -OCH3 is 1. The predicted molar refractivity (Wildman–Crippen MR) is 77.1 cm³/mol. The summed E-state index contributed by atoms with van der Waals surface area (Å²) < 4.78 is 5.21. The van der Waals surface area contributed by atoms with Gasteiger partial charge in [-0.3, -0.25) is 9.59 Å². The van der Waals surface area contributed by atoms with Gasteiger partial charge in [-0.25, -0.2) is 0 Å². The van der Waals surface area contributed by atoms with Crippen molar-refractivity contribution in [3.63, 3.8) is 0 Å². The van der Waals surface area contributed by atoms with E-state index in [9.17, 15) is 14.7 Å². The zero-order valence-electron chi connectivity index (χ0n) is 11.9. The maximum absolute atomic E-state index is 12.6. The number of amides is 1. The van der Waals surface area contributed by atoms with E-state index >= 15 is 0 Å². The first kappa shape index (κ1) is 13.9. The topological polar surface area (TPSA) is 75.6 Å². The number of ether oxygens (including phenoxy) is 1. The van der Waals surface area contributed by atoms with Gasteiger partial charge >= 0.3 is 5.97 Å². The molecule has 2 aliphatic carbocycles. The molecule has 0 aromatic heterocycles. The minimum atomic E-state index is -0.845. The number of rotatable bonds is 4. The van der Waals surface area contributed by atoms with Gasteiger partial charge in [0.25, 0.3) is 0 Å². The summed E-state index contributed by atoms with van der Waals surface area (Å²) in [6.45, 7) is 0. The molecule has 0 radical (unpaired) electrons. The van der Waals surface area contributed by atoms with Crippen molar-refractivity contribution in [2.24, 2.45) is 23.7 Å². The molecule has 1 aromatic rings. The van der Waals surface area contributed by atoms with Crippen LogP contribution in [0.25, 0.3) is 0 Å². The average Bonchev–Trinajstić information content (AvgIpc) is 3.08. The van der Waals surface area contributed by atoms with Gasteiger partial charge in [0.1, 0.15) is 5.75 Å². The first-order chi connectivity index (χ1) is 10.1. The summed E-state index contributed by atoms with van der Waals surface area (Å²) in [6, 6.07) is 7.17. The number of aliphatic carboxylic acids is 1. The predicted octanol–water partition coefficient (Wildman–Crippen LogP) is 2.38. The molecular weight excluding hydrogens is 270 g/mol. The normalized spacial score (nSPS) is 30.1. The van der Waals surface area contributed by atoms with Crippen LogP contribution in [0.15, 0.2) is 24.3 Å². The number of para-hydroxylation sites is 2. The molecule has 1 amide bonds. The first-order valence-corrected chi connectivity index (χ1v) is 7.28. The Bertz CT molecular complexity index is 571. The summed E-state index contributed by atoms with van der Waals surface area (Å²) in [6.07, 6.45) is 2.75. The Kier molecular flexibility index (Phi) is 3.57.